The average Bonchev–Trinajstić information content (AvgIpc) is 3.21. The van der Waals surface area contributed by atoms with Crippen LogP contribution >= 0.6 is 0 Å². The van der Waals surface area contributed by atoms with Gasteiger partial charge < -0.3 is 19.7 Å². The van der Waals surface area contributed by atoms with Gasteiger partial charge in [0, 0.05) is 31.3 Å². The molecular weight excluding hydrogens is 434 g/mol. The highest BCUT2D eigenvalue weighted by molar-refractivity contribution is 7.92. The highest BCUT2D eigenvalue weighted by atomic mass is 32.2. The molecule has 2 aromatic carbocycles. The van der Waals surface area contributed by atoms with Crippen molar-refractivity contribution >= 4 is 33.2 Å². The predicted molar refractivity (Wildman–Crippen MR) is 119 cm³/mol. The molecule has 1 N–H and O–H groups in total. The first-order valence-corrected chi connectivity index (χ1v) is 12.2. The van der Waals surface area contributed by atoms with Crippen molar-refractivity contribution in [1.29, 1.82) is 0 Å². The summed E-state index contributed by atoms with van der Waals surface area (Å²) in [6.07, 6.45) is 2.43. The van der Waals surface area contributed by atoms with Crippen LogP contribution in [-0.2, 0) is 26.2 Å². The van der Waals surface area contributed by atoms with Gasteiger partial charge in [0.2, 0.25) is 21.8 Å². The molecule has 32 heavy (non-hydrogen) atoms. The maximum Gasteiger partial charge on any atom is 0.241 e. The van der Waals surface area contributed by atoms with E-state index in [9.17, 15) is 18.0 Å². The smallest absolute Gasteiger partial charge is 0.241 e. The van der Waals surface area contributed by atoms with Crippen molar-refractivity contribution in [3.05, 3.63) is 48.0 Å². The number of carbonyl (C=O) groups is 2. The number of hydrogen-bond donors (Lipinski definition) is 1. The third kappa shape index (κ3) is 4.96. The Labute approximate surface area is 187 Å². The van der Waals surface area contributed by atoms with Crippen LogP contribution in [0.3, 0.4) is 0 Å². The first-order chi connectivity index (χ1) is 15.3. The summed E-state index contributed by atoms with van der Waals surface area (Å²) in [6, 6.07) is 12.2. The van der Waals surface area contributed by atoms with E-state index >= 15 is 0 Å². The van der Waals surface area contributed by atoms with Crippen molar-refractivity contribution in [2.75, 3.05) is 41.8 Å². The molecule has 4 rings (SSSR count). The van der Waals surface area contributed by atoms with Gasteiger partial charge in [-0.15, -0.1) is 0 Å². The van der Waals surface area contributed by atoms with Gasteiger partial charge in [-0.3, -0.25) is 13.9 Å². The molecule has 10 heteroatoms. The van der Waals surface area contributed by atoms with Crippen LogP contribution in [0.4, 0.5) is 11.4 Å². The van der Waals surface area contributed by atoms with E-state index in [1.54, 1.807) is 23.1 Å². The minimum Gasteiger partial charge on any atom is -0.486 e. The number of ether oxygens (including phenoxy) is 2. The number of rotatable bonds is 7. The highest BCUT2D eigenvalue weighted by Crippen LogP contribution is 2.34. The lowest BCUT2D eigenvalue weighted by Crippen LogP contribution is -2.40. The van der Waals surface area contributed by atoms with Crippen LogP contribution in [0.5, 0.6) is 11.5 Å². The third-order valence-electron chi connectivity index (χ3n) is 5.29. The maximum atomic E-state index is 12.6. The predicted octanol–water partition coefficient (Wildman–Crippen LogP) is 1.67. The Morgan fingerprint density at radius 2 is 1.91 bits per heavy atom. The summed E-state index contributed by atoms with van der Waals surface area (Å²) in [7, 11) is -3.71. The Bertz CT molecular complexity index is 1130. The van der Waals surface area contributed by atoms with Gasteiger partial charge in [-0.25, -0.2) is 8.42 Å². The zero-order valence-electron chi connectivity index (χ0n) is 17.7. The van der Waals surface area contributed by atoms with E-state index in [4.69, 9.17) is 9.47 Å². The van der Waals surface area contributed by atoms with Crippen LogP contribution in [0.2, 0.25) is 0 Å². The fourth-order valence-electron chi connectivity index (χ4n) is 3.73. The molecule has 2 aliphatic rings. The Morgan fingerprint density at radius 1 is 1.12 bits per heavy atom. The van der Waals surface area contributed by atoms with E-state index < -0.39 is 15.9 Å². The van der Waals surface area contributed by atoms with Crippen molar-refractivity contribution in [3.8, 4) is 11.5 Å². The van der Waals surface area contributed by atoms with Gasteiger partial charge in [-0.2, -0.15) is 0 Å². The summed E-state index contributed by atoms with van der Waals surface area (Å²) in [5.74, 6) is 0.618. The van der Waals surface area contributed by atoms with Crippen molar-refractivity contribution in [2.24, 2.45) is 0 Å². The molecule has 0 spiro atoms. The van der Waals surface area contributed by atoms with Gasteiger partial charge in [-0.05, 0) is 36.2 Å². The second-order valence-electron chi connectivity index (χ2n) is 7.69. The summed E-state index contributed by atoms with van der Waals surface area (Å²) in [5.41, 5.74) is 1.94. The number of nitrogens with zero attached hydrogens (tertiary/aromatic N) is 2. The molecule has 0 radical (unpaired) electrons. The normalized spacial score (nSPS) is 15.5. The summed E-state index contributed by atoms with van der Waals surface area (Å²) >= 11 is 0. The number of nitrogens with one attached hydrogen (secondary N) is 1. The van der Waals surface area contributed by atoms with E-state index in [-0.39, 0.29) is 19.0 Å². The van der Waals surface area contributed by atoms with Crippen molar-refractivity contribution in [2.45, 2.75) is 19.4 Å². The van der Waals surface area contributed by atoms with Crippen LogP contribution in [0.15, 0.2) is 42.5 Å². The molecule has 2 aromatic rings. The monoisotopic (exact) mass is 459 g/mol. The van der Waals surface area contributed by atoms with Gasteiger partial charge in [-0.1, -0.05) is 12.1 Å². The molecular formula is C22H25N3O6S. The Balaban J connectivity index is 1.43. The van der Waals surface area contributed by atoms with E-state index in [1.165, 1.54) is 0 Å². The number of benzene rings is 2. The van der Waals surface area contributed by atoms with Crippen molar-refractivity contribution in [3.63, 3.8) is 0 Å². The van der Waals surface area contributed by atoms with E-state index in [1.807, 2.05) is 24.3 Å². The largest absolute Gasteiger partial charge is 0.486 e. The molecule has 1 saturated heterocycles. The molecule has 2 aliphatic heterocycles. The SMILES string of the molecule is CS(=O)(=O)N(CC(=O)NCc1cccc(N2CCCC2=O)c1)c1ccc2c(c1)OCCO2. The van der Waals surface area contributed by atoms with Gasteiger partial charge in [0.05, 0.1) is 11.9 Å². The Morgan fingerprint density at radius 3 is 2.62 bits per heavy atom. The molecule has 2 amide bonds. The topological polar surface area (TPSA) is 105 Å². The average molecular weight is 460 g/mol. The summed E-state index contributed by atoms with van der Waals surface area (Å²) in [5, 5.41) is 2.76. The zero-order chi connectivity index (χ0) is 22.7. The van der Waals surface area contributed by atoms with Gasteiger partial charge in [0.1, 0.15) is 19.8 Å². The minimum absolute atomic E-state index is 0.0920. The lowest BCUT2D eigenvalue weighted by molar-refractivity contribution is -0.120. The van der Waals surface area contributed by atoms with E-state index in [2.05, 4.69) is 5.32 Å². The fraction of sp³-hybridized carbons (Fsp3) is 0.364. The van der Waals surface area contributed by atoms with Crippen molar-refractivity contribution in [1.82, 2.24) is 5.32 Å². The van der Waals surface area contributed by atoms with Gasteiger partial charge >= 0.3 is 0 Å². The summed E-state index contributed by atoms with van der Waals surface area (Å²) < 4.78 is 36.8. The van der Waals surface area contributed by atoms with Crippen LogP contribution in [-0.4, -0.2) is 52.8 Å². The minimum atomic E-state index is -3.71. The second kappa shape index (κ2) is 9.07. The number of anilines is 2. The second-order valence-corrected chi connectivity index (χ2v) is 9.60. The van der Waals surface area contributed by atoms with Crippen LogP contribution in [0.1, 0.15) is 18.4 Å². The number of sulfonamides is 1. The van der Waals surface area contributed by atoms with E-state index in [0.717, 1.165) is 28.2 Å². The molecule has 0 aliphatic carbocycles. The third-order valence-corrected chi connectivity index (χ3v) is 6.43. The number of fused-ring (bicyclic) bond motifs is 1. The first-order valence-electron chi connectivity index (χ1n) is 10.3. The zero-order valence-corrected chi connectivity index (χ0v) is 18.6. The molecule has 9 nitrogen and oxygen atoms in total. The lowest BCUT2D eigenvalue weighted by Gasteiger charge is -2.24. The van der Waals surface area contributed by atoms with Crippen LogP contribution in [0.25, 0.3) is 0 Å². The fourth-order valence-corrected chi connectivity index (χ4v) is 4.58. The summed E-state index contributed by atoms with van der Waals surface area (Å²) in [6.45, 7) is 1.33. The van der Waals surface area contributed by atoms with E-state index in [0.29, 0.717) is 43.4 Å². The molecule has 170 valence electrons. The standard InChI is InChI=1S/C22H25N3O6S/c1-32(28,29)25(18-7-8-19-20(13-18)31-11-10-30-19)15-21(26)23-14-16-4-2-5-17(12-16)24-9-3-6-22(24)27/h2,4-5,7-8,12-13H,3,6,9-11,14-15H2,1H3,(H,23,26). The molecule has 0 unspecified atom stereocenters. The molecule has 0 saturated carbocycles. The quantitative estimate of drug-likeness (QED) is 0.675. The molecule has 0 atom stereocenters. The van der Waals surface area contributed by atoms with Crippen molar-refractivity contribution < 1.29 is 27.5 Å². The number of carbonyl (C=O) groups excluding carboxylic acids is 2. The van der Waals surface area contributed by atoms with Crippen LogP contribution in [0, 0.1) is 0 Å². The maximum absolute atomic E-state index is 12.6. The lowest BCUT2D eigenvalue weighted by atomic mass is 10.2. The number of amides is 2. The Hall–Kier alpha value is -3.27. The molecule has 1 fully saturated rings. The first kappa shape index (κ1) is 21.9. The molecule has 2 heterocycles. The van der Waals surface area contributed by atoms with Gasteiger partial charge in [0.15, 0.2) is 11.5 Å². The summed E-state index contributed by atoms with van der Waals surface area (Å²) in [4.78, 5) is 26.3. The van der Waals surface area contributed by atoms with Crippen LogP contribution < -0.4 is 24.0 Å². The molecule has 0 aromatic heterocycles. The Kier molecular flexibility index (Phi) is 6.22. The molecule has 0 bridgehead atoms. The highest BCUT2D eigenvalue weighted by Gasteiger charge is 2.24. The number of hydrogen-bond acceptors (Lipinski definition) is 6. The van der Waals surface area contributed by atoms with Gasteiger partial charge in [0.25, 0.3) is 0 Å².